The van der Waals surface area contributed by atoms with Gasteiger partial charge >= 0.3 is 5.97 Å². The van der Waals surface area contributed by atoms with Gasteiger partial charge in [0, 0.05) is 12.8 Å². The molecule has 0 aromatic rings. The molecule has 1 amide bonds. The molecule has 0 aromatic heterocycles. The molecule has 1 fully saturated rings. The number of rotatable bonds is 67. The molecule has 7 atom stereocenters. The van der Waals surface area contributed by atoms with Crippen LogP contribution in [0.3, 0.4) is 0 Å². The van der Waals surface area contributed by atoms with Crippen molar-refractivity contribution in [2.45, 2.75) is 403 Å². The Labute approximate surface area is 548 Å². The van der Waals surface area contributed by atoms with Crippen molar-refractivity contribution in [3.8, 4) is 0 Å². The van der Waals surface area contributed by atoms with Crippen LogP contribution in [0.25, 0.3) is 0 Å². The summed E-state index contributed by atoms with van der Waals surface area (Å²) >= 11 is 0. The van der Waals surface area contributed by atoms with Gasteiger partial charge in [-0.25, -0.2) is 0 Å². The fraction of sp³-hybridized carbons (Fsp3) is 0.846. The van der Waals surface area contributed by atoms with Gasteiger partial charge in [-0.05, 0) is 84.0 Å². The number of hydrogen-bond donors (Lipinski definition) is 6. The predicted molar refractivity (Wildman–Crippen MR) is 375 cm³/mol. The molecule has 0 bridgehead atoms. The molecule has 1 rings (SSSR count). The lowest BCUT2D eigenvalue weighted by Gasteiger charge is -2.40. The molecule has 1 aliphatic heterocycles. The summed E-state index contributed by atoms with van der Waals surface area (Å²) in [4.78, 5) is 25.1. The quantitative estimate of drug-likeness (QED) is 0.0195. The Bertz CT molecular complexity index is 1660. The van der Waals surface area contributed by atoms with E-state index in [9.17, 15) is 35.1 Å². The van der Waals surface area contributed by atoms with Gasteiger partial charge in [0.1, 0.15) is 24.4 Å². The summed E-state index contributed by atoms with van der Waals surface area (Å²) in [5.41, 5.74) is 0. The summed E-state index contributed by atoms with van der Waals surface area (Å²) in [6.07, 6.45) is 80.0. The molecule has 0 aromatic carbocycles. The molecule has 0 aliphatic carbocycles. The highest BCUT2D eigenvalue weighted by Gasteiger charge is 2.44. The van der Waals surface area contributed by atoms with Gasteiger partial charge in [0.15, 0.2) is 6.29 Å². The average molecular weight is 1250 g/mol. The lowest BCUT2D eigenvalue weighted by molar-refractivity contribution is -0.302. The van der Waals surface area contributed by atoms with Gasteiger partial charge in [-0.2, -0.15) is 0 Å². The van der Waals surface area contributed by atoms with Gasteiger partial charge in [-0.3, -0.25) is 9.59 Å². The van der Waals surface area contributed by atoms with E-state index in [4.69, 9.17) is 14.2 Å². The number of esters is 1. The molecule has 11 nitrogen and oxygen atoms in total. The van der Waals surface area contributed by atoms with E-state index in [1.807, 2.05) is 19.1 Å². The number of nitrogens with one attached hydrogen (secondary N) is 1. The first-order chi connectivity index (χ1) is 43.7. The molecule has 89 heavy (non-hydrogen) atoms. The average Bonchev–Trinajstić information content (AvgIpc) is 2.38. The zero-order valence-corrected chi connectivity index (χ0v) is 57.9. The minimum absolute atomic E-state index is 0.0153. The largest absolute Gasteiger partial charge is 0.466 e. The first-order valence-electron chi connectivity index (χ1n) is 38.0. The standard InChI is InChI=1S/C78H143NO10/c1-3-5-7-9-11-13-14-15-39-43-46-50-54-58-62-66-74(83)87-67-63-59-55-51-47-44-41-38-36-34-32-30-28-26-24-22-20-18-16-17-19-21-23-25-27-29-31-33-35-37-40-42-45-49-53-57-61-65-73(82)79-70(71(81)64-60-56-52-48-12-10-8-6-4-2)69-88-78-77(86)76(85)75(84)72(68-80)89-78/h4,6,12,16,18,22,24,48,60,64,70-72,75-78,80-81,84-86H,3,5,7-11,13-15,17,19-21,23,25-47,49-59,61-63,65-69H2,1-2H3,(H,79,82)/b6-4+,18-16-,24-22-,48-12+,64-60+. The first kappa shape index (κ1) is 84.4. The summed E-state index contributed by atoms with van der Waals surface area (Å²) < 4.78 is 16.7. The van der Waals surface area contributed by atoms with Crippen molar-refractivity contribution in [2.75, 3.05) is 19.8 Å². The molecular formula is C78H143NO10. The van der Waals surface area contributed by atoms with Crippen molar-refractivity contribution in [1.29, 1.82) is 0 Å². The summed E-state index contributed by atoms with van der Waals surface area (Å²) in [7, 11) is 0. The third-order valence-corrected chi connectivity index (χ3v) is 17.9. The van der Waals surface area contributed by atoms with E-state index in [0.29, 0.717) is 19.4 Å². The Kier molecular flexibility index (Phi) is 63.3. The molecule has 0 radical (unpaired) electrons. The maximum atomic E-state index is 13.0. The van der Waals surface area contributed by atoms with Gasteiger partial charge in [0.25, 0.3) is 0 Å². The number of carbonyl (C=O) groups excluding carboxylic acids is 2. The maximum Gasteiger partial charge on any atom is 0.305 e. The van der Waals surface area contributed by atoms with Crippen LogP contribution in [0.15, 0.2) is 60.8 Å². The van der Waals surface area contributed by atoms with Crippen molar-refractivity contribution in [2.24, 2.45) is 0 Å². The van der Waals surface area contributed by atoms with E-state index in [2.05, 4.69) is 54.8 Å². The van der Waals surface area contributed by atoms with E-state index in [0.717, 1.165) is 64.2 Å². The summed E-state index contributed by atoms with van der Waals surface area (Å²) in [5, 5.41) is 54.2. The first-order valence-corrected chi connectivity index (χ1v) is 38.0. The van der Waals surface area contributed by atoms with Crippen LogP contribution >= 0.6 is 0 Å². The fourth-order valence-electron chi connectivity index (χ4n) is 12.0. The van der Waals surface area contributed by atoms with Crippen molar-refractivity contribution in [3.63, 3.8) is 0 Å². The number of unbranched alkanes of at least 4 members (excludes halogenated alkanes) is 46. The molecule has 7 unspecified atom stereocenters. The van der Waals surface area contributed by atoms with E-state index < -0.39 is 49.5 Å². The topological polar surface area (TPSA) is 175 Å². The van der Waals surface area contributed by atoms with Crippen molar-refractivity contribution >= 4 is 11.9 Å². The highest BCUT2D eigenvalue weighted by molar-refractivity contribution is 5.76. The smallest absolute Gasteiger partial charge is 0.305 e. The highest BCUT2D eigenvalue weighted by atomic mass is 16.7. The summed E-state index contributed by atoms with van der Waals surface area (Å²) in [5.74, 6) is -0.181. The number of hydrogen-bond acceptors (Lipinski definition) is 10. The lowest BCUT2D eigenvalue weighted by atomic mass is 9.99. The van der Waals surface area contributed by atoms with Crippen molar-refractivity contribution < 1.29 is 49.3 Å². The van der Waals surface area contributed by atoms with Crippen LogP contribution in [0.5, 0.6) is 0 Å². The van der Waals surface area contributed by atoms with Crippen LogP contribution in [0.1, 0.15) is 361 Å². The highest BCUT2D eigenvalue weighted by Crippen LogP contribution is 2.23. The minimum Gasteiger partial charge on any atom is -0.466 e. The van der Waals surface area contributed by atoms with E-state index in [-0.39, 0.29) is 18.5 Å². The molecule has 0 spiro atoms. The van der Waals surface area contributed by atoms with Gasteiger partial charge in [-0.15, -0.1) is 0 Å². The summed E-state index contributed by atoms with van der Waals surface area (Å²) in [6.45, 7) is 4.13. The van der Waals surface area contributed by atoms with Crippen LogP contribution < -0.4 is 5.32 Å². The molecular weight excluding hydrogens is 1110 g/mol. The Morgan fingerprint density at radius 1 is 0.438 bits per heavy atom. The molecule has 1 saturated heterocycles. The number of ether oxygens (including phenoxy) is 3. The fourth-order valence-corrected chi connectivity index (χ4v) is 12.0. The number of allylic oxidation sites excluding steroid dienone is 9. The summed E-state index contributed by atoms with van der Waals surface area (Å²) in [6, 6.07) is -0.832. The van der Waals surface area contributed by atoms with Crippen LogP contribution in [-0.4, -0.2) is 100 Å². The van der Waals surface area contributed by atoms with E-state index in [1.54, 1.807) is 6.08 Å². The molecule has 520 valence electrons. The molecule has 1 aliphatic rings. The van der Waals surface area contributed by atoms with E-state index in [1.165, 1.54) is 270 Å². The molecule has 1 heterocycles. The van der Waals surface area contributed by atoms with Gasteiger partial charge in [-0.1, -0.05) is 325 Å². The Morgan fingerprint density at radius 2 is 0.809 bits per heavy atom. The number of amides is 1. The normalized spacial score (nSPS) is 18.0. The Morgan fingerprint density at radius 3 is 1.24 bits per heavy atom. The van der Waals surface area contributed by atoms with Crippen molar-refractivity contribution in [3.05, 3.63) is 60.8 Å². The minimum atomic E-state index is -1.58. The number of aliphatic hydroxyl groups is 5. The zero-order valence-electron chi connectivity index (χ0n) is 57.9. The predicted octanol–water partition coefficient (Wildman–Crippen LogP) is 20.1. The van der Waals surface area contributed by atoms with Crippen LogP contribution in [0, 0.1) is 0 Å². The van der Waals surface area contributed by atoms with Gasteiger partial charge in [0.2, 0.25) is 5.91 Å². The Balaban J connectivity index is 1.88. The third-order valence-electron chi connectivity index (χ3n) is 17.9. The third kappa shape index (κ3) is 55.5. The van der Waals surface area contributed by atoms with Gasteiger partial charge in [0.05, 0.1) is 32.0 Å². The Hall–Kier alpha value is -2.64. The lowest BCUT2D eigenvalue weighted by Crippen LogP contribution is -2.60. The second kappa shape index (κ2) is 66.8. The van der Waals surface area contributed by atoms with Crippen molar-refractivity contribution in [1.82, 2.24) is 5.32 Å². The van der Waals surface area contributed by atoms with Gasteiger partial charge < -0.3 is 45.1 Å². The van der Waals surface area contributed by atoms with Crippen LogP contribution in [0.2, 0.25) is 0 Å². The van der Waals surface area contributed by atoms with Crippen LogP contribution in [0.4, 0.5) is 0 Å². The second-order valence-electron chi connectivity index (χ2n) is 26.4. The molecule has 6 N–H and O–H groups in total. The van der Waals surface area contributed by atoms with E-state index >= 15 is 0 Å². The zero-order chi connectivity index (χ0) is 64.4. The number of carbonyl (C=O) groups is 2. The molecule has 11 heteroatoms. The maximum absolute atomic E-state index is 13.0. The SMILES string of the molecule is C/C=C/CC/C=C/CC/C=C/C(O)C(COC1OC(CO)C(O)C(O)C1O)NC(=O)CCCCCCCCCCCCCCCCCCC/C=C\C/C=C\CCCCCCCCCCCCCCCOC(=O)CCCCCCCCCCCCCCCCC. The second-order valence-corrected chi connectivity index (χ2v) is 26.4. The molecule has 0 saturated carbocycles. The van der Waals surface area contributed by atoms with Crippen LogP contribution in [-0.2, 0) is 23.8 Å². The monoisotopic (exact) mass is 1250 g/mol. The number of aliphatic hydroxyl groups excluding tert-OH is 5.